The van der Waals surface area contributed by atoms with Gasteiger partial charge < -0.3 is 34.0 Å². The number of alkyl halides is 3. The second kappa shape index (κ2) is 22.2. The Morgan fingerprint density at radius 3 is 2.07 bits per heavy atom. The Kier molecular flexibility index (Phi) is 19.8. The molecule has 3 aromatic rings. The van der Waals surface area contributed by atoms with Crippen LogP contribution in [-0.4, -0.2) is 95.4 Å². The van der Waals surface area contributed by atoms with Crippen LogP contribution < -0.4 is 19.7 Å². The summed E-state index contributed by atoms with van der Waals surface area (Å²) in [4.78, 5) is 62.5. The molecule has 1 heterocycles. The van der Waals surface area contributed by atoms with Gasteiger partial charge in [0.05, 0.1) is 64.0 Å². The molecule has 1 aliphatic heterocycles. The van der Waals surface area contributed by atoms with Crippen molar-refractivity contribution in [3.8, 4) is 11.5 Å². The molecule has 0 aromatic heterocycles. The van der Waals surface area contributed by atoms with Crippen LogP contribution in [0.4, 0.5) is 18.9 Å². The molecule has 1 aliphatic rings. The van der Waals surface area contributed by atoms with Crippen LogP contribution in [0.2, 0.25) is 10.0 Å². The Bertz CT molecular complexity index is 2050. The standard InChI is InChI=1S/C17H11Cl2F3O5.C10H12N2O3S.C3H8NO5P.C3H9S/c1-8(15(23)24)26-16(25)11-7-10(3-4-12(11)18)27-14-5-2-9(6-13(14)19)17(20,21)22;1-7(2)12-10(13)8-5-3-4-6-9(8)11-16(12,14)15;5-3(6)1-4-2-10(7,8)9;1-4(2)3/h2-8H,1H3,(H,23,24);3-7,11H,1-2H3;4H,1-2H2,(H,5,6)(H2,7,8,9);1-3H3/q;;;+1/p-1/t8-;;;/m0.../s1. The summed E-state index contributed by atoms with van der Waals surface area (Å²) in [6.45, 7) is 4.00. The van der Waals surface area contributed by atoms with E-state index in [1.165, 1.54) is 12.1 Å². The maximum absolute atomic E-state index is 12.7. The average molecular weight is 909 g/mol. The van der Waals surface area contributed by atoms with Gasteiger partial charge in [0.1, 0.15) is 19.1 Å². The first-order valence-corrected chi connectivity index (χ1v) is 22.2. The number of ether oxygens (including phenoxy) is 2. The lowest BCUT2D eigenvalue weighted by molar-refractivity contribution is -0.193. The third-order valence-electron chi connectivity index (χ3n) is 6.19. The molecule has 16 nitrogen and oxygen atoms in total. The summed E-state index contributed by atoms with van der Waals surface area (Å²) < 4.78 is 84.9. The third kappa shape index (κ3) is 17.9. The van der Waals surface area contributed by atoms with Gasteiger partial charge in [-0.05, 0) is 80.2 Å². The number of carbonyl (C=O) groups excluding carboxylic acids is 2. The molecule has 316 valence electrons. The Balaban J connectivity index is 0.000000455. The highest BCUT2D eigenvalue weighted by atomic mass is 35.5. The summed E-state index contributed by atoms with van der Waals surface area (Å²) in [5.41, 5.74) is -0.399. The van der Waals surface area contributed by atoms with E-state index in [1.54, 1.807) is 38.1 Å². The van der Waals surface area contributed by atoms with Gasteiger partial charge in [-0.2, -0.15) is 21.6 Å². The first kappa shape index (κ1) is 50.9. The average Bonchev–Trinajstić information content (AvgIpc) is 3.05. The number of amides is 1. The second-order valence-corrected chi connectivity index (χ2v) is 18.4. The number of benzene rings is 3. The third-order valence-corrected chi connectivity index (χ3v) is 9.02. The number of carboxylic acids is 2. The minimum atomic E-state index is -4.56. The number of nitrogens with zero attached hydrogens (tertiary/aromatic N) is 1. The van der Waals surface area contributed by atoms with Crippen molar-refractivity contribution in [2.45, 2.75) is 39.1 Å². The topological polar surface area (TPSA) is 249 Å². The molecule has 24 heteroatoms. The fourth-order valence-electron chi connectivity index (χ4n) is 3.88. The molecule has 1 unspecified atom stereocenters. The van der Waals surface area contributed by atoms with Crippen molar-refractivity contribution in [1.29, 1.82) is 0 Å². The van der Waals surface area contributed by atoms with Crippen LogP contribution >= 0.6 is 30.8 Å². The number of esters is 1. The van der Waals surface area contributed by atoms with Crippen LogP contribution in [0.1, 0.15) is 47.1 Å². The van der Waals surface area contributed by atoms with E-state index in [-0.39, 0.29) is 27.1 Å². The summed E-state index contributed by atoms with van der Waals surface area (Å²) in [7, 11) is -7.46. The summed E-state index contributed by atoms with van der Waals surface area (Å²) in [6.07, 6.45) is -0.0815. The zero-order valence-electron chi connectivity index (χ0n) is 30.9. The number of nitrogens with one attached hydrogen (secondary N) is 2. The summed E-state index contributed by atoms with van der Waals surface area (Å²) >= 11 is 11.7. The molecule has 0 bridgehead atoms. The summed E-state index contributed by atoms with van der Waals surface area (Å²) in [5, 5.41) is 18.4. The molecule has 2 atom stereocenters. The van der Waals surface area contributed by atoms with Crippen LogP contribution in [0.15, 0.2) is 60.7 Å². The van der Waals surface area contributed by atoms with E-state index < -0.39 is 78.3 Å². The minimum Gasteiger partial charge on any atom is -0.778 e. The molecule has 0 saturated carbocycles. The normalized spacial score (nSPS) is 14.4. The van der Waals surface area contributed by atoms with E-state index >= 15 is 0 Å². The predicted octanol–water partition coefficient (Wildman–Crippen LogP) is 5.30. The number of anilines is 1. The highest BCUT2D eigenvalue weighted by Crippen LogP contribution is 2.37. The van der Waals surface area contributed by atoms with Gasteiger partial charge in [0.2, 0.25) is 0 Å². The van der Waals surface area contributed by atoms with E-state index in [9.17, 15) is 50.2 Å². The number of aliphatic carboxylic acids is 2. The lowest BCUT2D eigenvalue weighted by atomic mass is 10.1. The molecule has 0 aliphatic carbocycles. The minimum absolute atomic E-state index is 0.0246. The van der Waals surface area contributed by atoms with Crippen LogP contribution in [0.5, 0.6) is 11.5 Å². The first-order valence-electron chi connectivity index (χ1n) is 15.7. The van der Waals surface area contributed by atoms with Gasteiger partial charge in [-0.1, -0.05) is 35.3 Å². The smallest absolute Gasteiger partial charge is 0.416 e. The van der Waals surface area contributed by atoms with Crippen molar-refractivity contribution in [3.05, 3.63) is 87.4 Å². The molecule has 4 rings (SSSR count). The first-order chi connectivity index (χ1) is 26.1. The van der Waals surface area contributed by atoms with Gasteiger partial charge >= 0.3 is 34.3 Å². The highest BCUT2D eigenvalue weighted by molar-refractivity contribution is 7.94. The van der Waals surface area contributed by atoms with E-state index in [1.807, 2.05) is 5.32 Å². The summed E-state index contributed by atoms with van der Waals surface area (Å²) in [6, 6.07) is 12.5. The Hall–Kier alpha value is -4.08. The largest absolute Gasteiger partial charge is 0.778 e. The lowest BCUT2D eigenvalue weighted by Crippen LogP contribution is -2.48. The van der Waals surface area contributed by atoms with Crippen LogP contribution in [-0.2, 0) is 46.2 Å². The molecule has 3 aromatic carbocycles. The molecule has 57 heavy (non-hydrogen) atoms. The Morgan fingerprint density at radius 2 is 1.58 bits per heavy atom. The van der Waals surface area contributed by atoms with Crippen LogP contribution in [0, 0.1) is 0 Å². The van der Waals surface area contributed by atoms with Gasteiger partial charge in [0.15, 0.2) is 6.10 Å². The summed E-state index contributed by atoms with van der Waals surface area (Å²) in [5.74, 6) is -4.04. The maximum Gasteiger partial charge on any atom is 0.416 e. The molecule has 0 fully saturated rings. The number of rotatable bonds is 10. The van der Waals surface area contributed by atoms with E-state index in [0.29, 0.717) is 28.2 Å². The zero-order chi connectivity index (χ0) is 44.1. The van der Waals surface area contributed by atoms with E-state index in [0.717, 1.165) is 29.4 Å². The number of hydrogen-bond acceptors (Lipinski definition) is 11. The number of carbonyl (C=O) groups is 4. The van der Waals surface area contributed by atoms with Crippen molar-refractivity contribution >= 4 is 81.4 Å². The van der Waals surface area contributed by atoms with Gasteiger partial charge in [0.25, 0.3) is 5.91 Å². The number of fused-ring (bicyclic) bond motifs is 1. The number of para-hydroxylation sites is 1. The number of hydrogen-bond donors (Lipinski definition) is 5. The SMILES string of the molecule is CC(C)N1C(=O)c2ccccc2NS1(=O)=O.C[C@H](OC(=O)c1cc(Oc2ccc(C(F)(F)F)cc2Cl)ccc1Cl)C(=O)O.C[S+](C)C.O=C(O)CNCP(=O)([O-])O. The van der Waals surface area contributed by atoms with Gasteiger partial charge in [-0.25, -0.2) is 13.9 Å². The zero-order valence-corrected chi connectivity index (χ0v) is 34.9. The molecule has 5 N–H and O–H groups in total. The molecular formula is C33H39Cl2F3N3O13PS2. The van der Waals surface area contributed by atoms with Crippen molar-refractivity contribution in [3.63, 3.8) is 0 Å². The van der Waals surface area contributed by atoms with E-state index in [2.05, 4.69) is 23.5 Å². The second-order valence-electron chi connectivity index (χ2n) is 12.0. The van der Waals surface area contributed by atoms with Crippen molar-refractivity contribution < 1.29 is 74.8 Å². The van der Waals surface area contributed by atoms with Crippen molar-refractivity contribution in [2.24, 2.45) is 0 Å². The van der Waals surface area contributed by atoms with Crippen molar-refractivity contribution in [1.82, 2.24) is 9.62 Å². The molecule has 0 saturated heterocycles. The van der Waals surface area contributed by atoms with Gasteiger partial charge in [-0.3, -0.25) is 19.6 Å². The highest BCUT2D eigenvalue weighted by Gasteiger charge is 2.37. The van der Waals surface area contributed by atoms with Crippen LogP contribution in [0.25, 0.3) is 0 Å². The quantitative estimate of drug-likeness (QED) is 0.0985. The fraction of sp³-hybridized carbons (Fsp3) is 0.333. The van der Waals surface area contributed by atoms with E-state index in [4.69, 9.17) is 47.8 Å². The van der Waals surface area contributed by atoms with Gasteiger partial charge in [0, 0.05) is 6.04 Å². The monoisotopic (exact) mass is 907 g/mol. The molecular weight excluding hydrogens is 869 g/mol. The molecule has 0 spiro atoms. The lowest BCUT2D eigenvalue weighted by Gasteiger charge is -2.31. The predicted molar refractivity (Wildman–Crippen MR) is 206 cm³/mol. The molecule has 1 amide bonds. The maximum atomic E-state index is 12.7. The number of halogens is 5. The van der Waals surface area contributed by atoms with Crippen molar-refractivity contribution in [2.75, 3.05) is 36.3 Å². The fourth-order valence-corrected chi connectivity index (χ4v) is 6.11. The van der Waals surface area contributed by atoms with Crippen LogP contribution in [0.3, 0.4) is 0 Å². The molecule has 0 radical (unpaired) electrons. The Labute approximate surface area is 338 Å². The number of carboxylic acid groups (broad SMARTS) is 2. The Morgan fingerprint density at radius 1 is 1.00 bits per heavy atom. The van der Waals surface area contributed by atoms with Gasteiger partial charge in [-0.15, -0.1) is 0 Å².